The fourth-order valence-corrected chi connectivity index (χ4v) is 3.40. The molecule has 0 saturated heterocycles. The number of benzene rings is 3. The van der Waals surface area contributed by atoms with E-state index in [1.807, 2.05) is 35.1 Å². The Morgan fingerprint density at radius 1 is 0.920 bits per heavy atom. The number of thioether (sulfide) groups is 1. The van der Waals surface area contributed by atoms with Gasteiger partial charge >= 0.3 is 0 Å². The minimum Gasteiger partial charge on any atom is -0.508 e. The molecule has 124 valence electrons. The third kappa shape index (κ3) is 2.60. The third-order valence-corrected chi connectivity index (χ3v) is 4.68. The van der Waals surface area contributed by atoms with E-state index in [9.17, 15) is 10.2 Å². The van der Waals surface area contributed by atoms with E-state index in [1.165, 1.54) is 23.9 Å². The van der Waals surface area contributed by atoms with Gasteiger partial charge in [-0.1, -0.05) is 48.2 Å². The molecule has 4 aromatic rings. The van der Waals surface area contributed by atoms with Crippen LogP contribution in [0.4, 0.5) is 0 Å². The second kappa shape index (κ2) is 6.14. The van der Waals surface area contributed by atoms with Crippen LogP contribution in [-0.2, 0) is 0 Å². The van der Waals surface area contributed by atoms with Crippen LogP contribution in [0.15, 0.2) is 65.8 Å². The van der Waals surface area contributed by atoms with Gasteiger partial charge in [-0.2, -0.15) is 0 Å². The van der Waals surface area contributed by atoms with E-state index >= 15 is 0 Å². The first-order valence-electron chi connectivity index (χ1n) is 7.69. The molecule has 0 spiro atoms. The maximum atomic E-state index is 10.3. The first kappa shape index (κ1) is 15.5. The summed E-state index contributed by atoms with van der Waals surface area (Å²) >= 11 is 1.48. The van der Waals surface area contributed by atoms with Gasteiger partial charge in [0.05, 0.1) is 11.3 Å². The van der Waals surface area contributed by atoms with Crippen LogP contribution in [0, 0.1) is 0 Å². The monoisotopic (exact) mass is 349 g/mol. The lowest BCUT2D eigenvalue weighted by atomic mass is 10.1. The number of fused-ring (bicyclic) bond motifs is 1. The lowest BCUT2D eigenvalue weighted by Crippen LogP contribution is -2.00. The molecule has 2 N–H and O–H groups in total. The van der Waals surface area contributed by atoms with Crippen molar-refractivity contribution in [2.45, 2.75) is 5.16 Å². The second-order valence-electron chi connectivity index (χ2n) is 5.55. The van der Waals surface area contributed by atoms with Gasteiger partial charge in [0.2, 0.25) is 0 Å². The molecule has 0 aliphatic rings. The number of hydrogen-bond acceptors (Lipinski definition) is 5. The first-order valence-corrected chi connectivity index (χ1v) is 8.91. The molecule has 1 heterocycles. The Morgan fingerprint density at radius 2 is 1.72 bits per heavy atom. The molecule has 0 atom stereocenters. The number of rotatable bonds is 3. The summed E-state index contributed by atoms with van der Waals surface area (Å²) in [5.41, 5.74) is 1.45. The molecule has 0 amide bonds. The first-order chi connectivity index (χ1) is 12.2. The van der Waals surface area contributed by atoms with Gasteiger partial charge in [0.1, 0.15) is 11.5 Å². The predicted molar refractivity (Wildman–Crippen MR) is 99.4 cm³/mol. The second-order valence-corrected chi connectivity index (χ2v) is 6.32. The topological polar surface area (TPSA) is 71.2 Å². The van der Waals surface area contributed by atoms with Gasteiger partial charge < -0.3 is 10.2 Å². The van der Waals surface area contributed by atoms with Gasteiger partial charge in [0, 0.05) is 11.5 Å². The van der Waals surface area contributed by atoms with Crippen LogP contribution in [0.2, 0.25) is 0 Å². The van der Waals surface area contributed by atoms with E-state index in [0.717, 1.165) is 21.6 Å². The molecule has 6 heteroatoms. The zero-order valence-electron chi connectivity index (χ0n) is 13.4. The fraction of sp³-hybridized carbons (Fsp3) is 0.0526. The van der Waals surface area contributed by atoms with Crippen molar-refractivity contribution in [3.63, 3.8) is 0 Å². The Labute approximate surface area is 148 Å². The van der Waals surface area contributed by atoms with Gasteiger partial charge in [-0.3, -0.25) is 4.57 Å². The van der Waals surface area contributed by atoms with Crippen LogP contribution in [0.25, 0.3) is 27.8 Å². The Bertz CT molecular complexity index is 1070. The minimum absolute atomic E-state index is 0.00238. The van der Waals surface area contributed by atoms with E-state index in [-0.39, 0.29) is 11.5 Å². The molecule has 4 rings (SSSR count). The smallest absolute Gasteiger partial charge is 0.195 e. The molecule has 25 heavy (non-hydrogen) atoms. The highest BCUT2D eigenvalue weighted by Crippen LogP contribution is 2.35. The van der Waals surface area contributed by atoms with Crippen molar-refractivity contribution in [2.75, 3.05) is 6.26 Å². The predicted octanol–water partition coefficient (Wildman–Crippen LogP) is 4.22. The van der Waals surface area contributed by atoms with Gasteiger partial charge in [-0.25, -0.2) is 0 Å². The Morgan fingerprint density at radius 3 is 2.52 bits per heavy atom. The highest BCUT2D eigenvalue weighted by Gasteiger charge is 2.19. The largest absolute Gasteiger partial charge is 0.508 e. The molecule has 0 aliphatic carbocycles. The summed E-state index contributed by atoms with van der Waals surface area (Å²) in [6, 6.07) is 18.6. The van der Waals surface area contributed by atoms with Crippen molar-refractivity contribution in [1.82, 2.24) is 14.8 Å². The summed E-state index contributed by atoms with van der Waals surface area (Å²) < 4.78 is 1.93. The summed E-state index contributed by atoms with van der Waals surface area (Å²) in [4.78, 5) is 0. The third-order valence-electron chi connectivity index (χ3n) is 4.05. The summed E-state index contributed by atoms with van der Waals surface area (Å²) in [5.74, 6) is 0.488. The SMILES string of the molecule is CSc1nnc(-c2ccc(O)cc2O)n1-c1cccc2ccccc12. The Hall–Kier alpha value is -2.99. The Balaban J connectivity index is 2.03. The average Bonchev–Trinajstić information content (AvgIpc) is 3.04. The number of phenols is 2. The van der Waals surface area contributed by atoms with Crippen LogP contribution in [-0.4, -0.2) is 31.2 Å². The number of phenolic OH excluding ortho intramolecular Hbond substituents is 2. The highest BCUT2D eigenvalue weighted by atomic mass is 32.2. The number of aromatic hydroxyl groups is 2. The Kier molecular flexibility index (Phi) is 3.82. The van der Waals surface area contributed by atoms with Crippen molar-refractivity contribution in [1.29, 1.82) is 0 Å². The van der Waals surface area contributed by atoms with Gasteiger partial charge in [0.25, 0.3) is 0 Å². The van der Waals surface area contributed by atoms with Crippen LogP contribution < -0.4 is 0 Å². The average molecular weight is 349 g/mol. The molecular weight excluding hydrogens is 334 g/mol. The summed E-state index contributed by atoms with van der Waals surface area (Å²) in [6.07, 6.45) is 1.94. The van der Waals surface area contributed by atoms with E-state index in [1.54, 1.807) is 6.07 Å². The molecule has 0 unspecified atom stereocenters. The molecule has 5 nitrogen and oxygen atoms in total. The number of hydrogen-bond donors (Lipinski definition) is 2. The van der Waals surface area contributed by atoms with Crippen molar-refractivity contribution in [3.8, 4) is 28.6 Å². The summed E-state index contributed by atoms with van der Waals surface area (Å²) in [6.45, 7) is 0. The van der Waals surface area contributed by atoms with Gasteiger partial charge in [-0.15, -0.1) is 10.2 Å². The van der Waals surface area contributed by atoms with E-state index in [0.29, 0.717) is 11.4 Å². The molecule has 3 aromatic carbocycles. The van der Waals surface area contributed by atoms with Gasteiger partial charge in [0.15, 0.2) is 11.0 Å². The summed E-state index contributed by atoms with van der Waals surface area (Å²) in [5, 5.41) is 31.3. The summed E-state index contributed by atoms with van der Waals surface area (Å²) in [7, 11) is 0. The lowest BCUT2D eigenvalue weighted by molar-refractivity contribution is 0.451. The van der Waals surface area contributed by atoms with E-state index in [2.05, 4.69) is 28.4 Å². The maximum absolute atomic E-state index is 10.3. The fourth-order valence-electron chi connectivity index (χ4n) is 2.91. The van der Waals surface area contributed by atoms with Crippen LogP contribution in [0.1, 0.15) is 0 Å². The maximum Gasteiger partial charge on any atom is 0.195 e. The highest BCUT2D eigenvalue weighted by molar-refractivity contribution is 7.98. The minimum atomic E-state index is -0.0402. The van der Waals surface area contributed by atoms with E-state index in [4.69, 9.17) is 0 Å². The normalized spacial score (nSPS) is 11.1. The zero-order valence-corrected chi connectivity index (χ0v) is 14.2. The van der Waals surface area contributed by atoms with Crippen molar-refractivity contribution >= 4 is 22.5 Å². The zero-order chi connectivity index (χ0) is 17.4. The van der Waals surface area contributed by atoms with Crippen molar-refractivity contribution in [2.24, 2.45) is 0 Å². The molecule has 0 radical (unpaired) electrons. The van der Waals surface area contributed by atoms with Gasteiger partial charge in [-0.05, 0) is 29.8 Å². The van der Waals surface area contributed by atoms with Crippen molar-refractivity contribution in [3.05, 3.63) is 60.7 Å². The molecule has 0 saturated carbocycles. The number of nitrogens with zero attached hydrogens (tertiary/aromatic N) is 3. The standard InChI is InChI=1S/C19H15N3O2S/c1-25-19-21-20-18(15-10-9-13(23)11-17(15)24)22(19)16-8-4-6-12-5-2-3-7-14(12)16/h2-11,23-24H,1H3. The molecule has 0 fully saturated rings. The van der Waals surface area contributed by atoms with Crippen molar-refractivity contribution < 1.29 is 10.2 Å². The van der Waals surface area contributed by atoms with Crippen LogP contribution in [0.3, 0.4) is 0 Å². The molecule has 1 aromatic heterocycles. The molecule has 0 bridgehead atoms. The van der Waals surface area contributed by atoms with E-state index < -0.39 is 0 Å². The molecular formula is C19H15N3O2S. The van der Waals surface area contributed by atoms with Crippen LogP contribution >= 0.6 is 11.8 Å². The van der Waals surface area contributed by atoms with Crippen LogP contribution in [0.5, 0.6) is 11.5 Å². The molecule has 0 aliphatic heterocycles. The number of aromatic nitrogens is 3. The quantitative estimate of drug-likeness (QED) is 0.542. The lowest BCUT2D eigenvalue weighted by Gasteiger charge is -2.13.